The van der Waals surface area contributed by atoms with E-state index in [4.69, 9.17) is 36.5 Å². The molecular formula is C34H33ClF4N6O3S. The highest BCUT2D eigenvalue weighted by molar-refractivity contribution is 7.23. The first-order valence-electron chi connectivity index (χ1n) is 16.4. The number of benzene rings is 2. The molecule has 2 aromatic carbocycles. The number of fused-ring (bicyclic) bond motifs is 3. The molecule has 3 saturated heterocycles. The molecule has 0 bridgehead atoms. The van der Waals surface area contributed by atoms with Crippen LogP contribution in [0.1, 0.15) is 44.6 Å². The first-order chi connectivity index (χ1) is 23.6. The number of ether oxygens (including phenoxy) is 3. The molecule has 3 fully saturated rings. The zero-order chi connectivity index (χ0) is 34.2. The Morgan fingerprint density at radius 3 is 2.88 bits per heavy atom. The lowest BCUT2D eigenvalue weighted by Gasteiger charge is -2.34. The number of nitrogens with two attached hydrogens (primary N) is 1. The minimum atomic E-state index is -2.76. The van der Waals surface area contributed by atoms with Crippen LogP contribution in [0.5, 0.6) is 11.8 Å². The normalized spacial score (nSPS) is 25.3. The van der Waals surface area contributed by atoms with E-state index in [1.165, 1.54) is 11.0 Å². The Morgan fingerprint density at radius 2 is 2.08 bits per heavy atom. The number of alkyl halides is 2. The molecule has 2 N–H and O–H groups in total. The van der Waals surface area contributed by atoms with E-state index < -0.39 is 36.8 Å². The smallest absolute Gasteiger partial charge is 0.319 e. The predicted molar refractivity (Wildman–Crippen MR) is 179 cm³/mol. The van der Waals surface area contributed by atoms with Crippen molar-refractivity contribution in [2.75, 3.05) is 50.1 Å². The second-order valence-corrected chi connectivity index (χ2v) is 14.9. The van der Waals surface area contributed by atoms with Crippen LogP contribution in [0.4, 0.5) is 28.4 Å². The minimum Gasteiger partial charge on any atom is -0.483 e. The van der Waals surface area contributed by atoms with Gasteiger partial charge in [-0.2, -0.15) is 15.2 Å². The monoisotopic (exact) mass is 716 g/mol. The maximum atomic E-state index is 17.3. The highest BCUT2D eigenvalue weighted by Gasteiger charge is 2.48. The second kappa shape index (κ2) is 12.3. The van der Waals surface area contributed by atoms with Crippen LogP contribution < -0.4 is 20.1 Å². The van der Waals surface area contributed by atoms with E-state index in [0.717, 1.165) is 49.8 Å². The van der Waals surface area contributed by atoms with Gasteiger partial charge < -0.3 is 24.8 Å². The number of anilines is 2. The number of nitrogen functional groups attached to an aromatic ring is 1. The first-order valence-corrected chi connectivity index (χ1v) is 17.6. The number of nitrogens with zero attached hydrogens (tertiary/aromatic N) is 5. The van der Waals surface area contributed by atoms with Crippen LogP contribution in [0.15, 0.2) is 12.1 Å². The third-order valence-electron chi connectivity index (χ3n) is 10.4. The van der Waals surface area contributed by atoms with Crippen LogP contribution in [-0.2, 0) is 4.74 Å². The molecule has 0 aliphatic carbocycles. The van der Waals surface area contributed by atoms with E-state index in [-0.39, 0.29) is 84.0 Å². The van der Waals surface area contributed by atoms with E-state index in [1.54, 1.807) is 0 Å². The first kappa shape index (κ1) is 32.6. The summed E-state index contributed by atoms with van der Waals surface area (Å²) in [7, 11) is 0. The molecule has 4 atom stereocenters. The van der Waals surface area contributed by atoms with Crippen LogP contribution in [-0.4, -0.2) is 78.4 Å². The molecule has 0 radical (unpaired) electrons. The highest BCUT2D eigenvalue weighted by Crippen LogP contribution is 2.52. The Labute approximate surface area is 288 Å². The summed E-state index contributed by atoms with van der Waals surface area (Å²) in [6.07, 6.45) is 0.356. The molecule has 9 nitrogen and oxygen atoms in total. The molecule has 0 amide bonds. The van der Waals surface area contributed by atoms with Gasteiger partial charge in [0.05, 0.1) is 45.4 Å². The Kier molecular flexibility index (Phi) is 8.17. The van der Waals surface area contributed by atoms with Gasteiger partial charge in [0.15, 0.2) is 11.6 Å². The Hall–Kier alpha value is -3.64. The van der Waals surface area contributed by atoms with Gasteiger partial charge >= 0.3 is 6.01 Å². The van der Waals surface area contributed by atoms with Crippen molar-refractivity contribution in [2.45, 2.75) is 63.1 Å². The molecule has 258 valence electrons. The molecule has 0 spiro atoms. The summed E-state index contributed by atoms with van der Waals surface area (Å²) in [5, 5.41) is 9.95. The maximum absolute atomic E-state index is 17.3. The SMILES string of the molecule is C[C@H]1CN2CCC[C@@]2(COc2nc3c4c(c(Cl)c(-c5ccc(F)c6sc(N)c(C#N)c56)c(F)c4n2)OC2COCCCC2N3CC(F)F)C1. The lowest BCUT2D eigenvalue weighted by atomic mass is 9.92. The van der Waals surface area contributed by atoms with Crippen LogP contribution in [0.25, 0.3) is 32.1 Å². The van der Waals surface area contributed by atoms with Gasteiger partial charge in [0.25, 0.3) is 6.43 Å². The van der Waals surface area contributed by atoms with Gasteiger partial charge in [-0.05, 0) is 56.2 Å². The minimum absolute atomic E-state index is 0.0174. The Morgan fingerprint density at radius 1 is 1.24 bits per heavy atom. The Balaban J connectivity index is 1.38. The summed E-state index contributed by atoms with van der Waals surface area (Å²) in [5.74, 6) is -1.07. The number of hydrogen-bond acceptors (Lipinski definition) is 10. The molecule has 0 saturated carbocycles. The van der Waals surface area contributed by atoms with Crippen molar-refractivity contribution in [3.05, 3.63) is 34.4 Å². The quantitative estimate of drug-likeness (QED) is 0.208. The number of aromatic nitrogens is 2. The molecule has 15 heteroatoms. The zero-order valence-corrected chi connectivity index (χ0v) is 28.2. The van der Waals surface area contributed by atoms with Crippen LogP contribution in [0.3, 0.4) is 0 Å². The molecular weight excluding hydrogens is 684 g/mol. The summed E-state index contributed by atoms with van der Waals surface area (Å²) >= 11 is 7.94. The number of nitriles is 1. The fraction of sp³-hybridized carbons (Fsp3) is 0.500. The van der Waals surface area contributed by atoms with Gasteiger partial charge in [-0.1, -0.05) is 24.6 Å². The molecule has 4 aliphatic heterocycles. The van der Waals surface area contributed by atoms with E-state index >= 15 is 8.78 Å². The average molecular weight is 717 g/mol. The fourth-order valence-electron chi connectivity index (χ4n) is 8.42. The third-order valence-corrected chi connectivity index (χ3v) is 11.8. The van der Waals surface area contributed by atoms with Crippen LogP contribution in [0.2, 0.25) is 5.02 Å². The highest BCUT2D eigenvalue weighted by atomic mass is 35.5. The molecule has 4 aromatic rings. The molecule has 2 unspecified atom stereocenters. The van der Waals surface area contributed by atoms with Gasteiger partial charge in [-0.25, -0.2) is 17.6 Å². The number of rotatable bonds is 6. The van der Waals surface area contributed by atoms with Crippen molar-refractivity contribution in [2.24, 2.45) is 5.92 Å². The predicted octanol–water partition coefficient (Wildman–Crippen LogP) is 7.16. The lowest BCUT2D eigenvalue weighted by Crippen LogP contribution is -2.48. The van der Waals surface area contributed by atoms with E-state index in [0.29, 0.717) is 25.4 Å². The van der Waals surface area contributed by atoms with Crippen LogP contribution in [0, 0.1) is 28.9 Å². The number of hydrogen-bond donors (Lipinski definition) is 1. The van der Waals surface area contributed by atoms with E-state index in [2.05, 4.69) is 16.8 Å². The number of halogens is 5. The largest absolute Gasteiger partial charge is 0.483 e. The van der Waals surface area contributed by atoms with Gasteiger partial charge in [0.1, 0.15) is 40.9 Å². The zero-order valence-electron chi connectivity index (χ0n) is 26.6. The molecule has 4 aliphatic rings. The summed E-state index contributed by atoms with van der Waals surface area (Å²) in [4.78, 5) is 13.1. The molecule has 6 heterocycles. The van der Waals surface area contributed by atoms with Gasteiger partial charge in [0, 0.05) is 24.1 Å². The number of thiophene rings is 1. The van der Waals surface area contributed by atoms with Gasteiger partial charge in [0.2, 0.25) is 0 Å². The second-order valence-electron chi connectivity index (χ2n) is 13.5. The van der Waals surface area contributed by atoms with Crippen LogP contribution >= 0.6 is 22.9 Å². The third kappa shape index (κ3) is 5.23. The standard InChI is InChI=1S/C34H33ClF4N6O3S/c1-16-10-34(7-3-8-44(34)12-16)15-47-33-42-28-25-29(48-21-14-46-9-2-4-20(21)45(13-22(37)38)32(25)43-33)26(35)24(27(28)39)17-5-6-19(36)30-23(17)18(11-40)31(41)49-30/h5-6,16,20-22H,2-4,7-10,12-15,41H2,1H3/t16-,20?,21?,34+/m1/s1. The Bertz CT molecular complexity index is 2030. The van der Waals surface area contributed by atoms with Crippen molar-refractivity contribution >= 4 is 54.7 Å². The fourth-order valence-corrected chi connectivity index (χ4v) is 9.70. The van der Waals surface area contributed by atoms with Gasteiger partial charge in [-0.3, -0.25) is 4.90 Å². The summed E-state index contributed by atoms with van der Waals surface area (Å²) in [6.45, 7) is 4.11. The van der Waals surface area contributed by atoms with Crippen molar-refractivity contribution < 1.29 is 31.8 Å². The van der Waals surface area contributed by atoms with Crippen molar-refractivity contribution in [3.63, 3.8) is 0 Å². The van der Waals surface area contributed by atoms with E-state index in [1.807, 2.05) is 6.07 Å². The summed E-state index contributed by atoms with van der Waals surface area (Å²) < 4.78 is 79.7. The molecule has 49 heavy (non-hydrogen) atoms. The van der Waals surface area contributed by atoms with Crippen molar-refractivity contribution in [1.82, 2.24) is 14.9 Å². The summed E-state index contributed by atoms with van der Waals surface area (Å²) in [6, 6.07) is 3.72. The van der Waals surface area contributed by atoms with Gasteiger partial charge in [-0.15, -0.1) is 11.3 Å². The topological polar surface area (TPSA) is 110 Å². The van der Waals surface area contributed by atoms with Crippen molar-refractivity contribution in [3.8, 4) is 29.0 Å². The summed E-state index contributed by atoms with van der Waals surface area (Å²) in [5.41, 5.74) is 5.52. The maximum Gasteiger partial charge on any atom is 0.319 e. The molecule has 8 rings (SSSR count). The average Bonchev–Trinajstić information content (AvgIpc) is 3.61. The van der Waals surface area contributed by atoms with Crippen molar-refractivity contribution in [1.29, 1.82) is 5.26 Å². The molecule has 2 aromatic heterocycles. The lowest BCUT2D eigenvalue weighted by molar-refractivity contribution is 0.0561. The van der Waals surface area contributed by atoms with E-state index in [9.17, 15) is 14.0 Å².